The lowest BCUT2D eigenvalue weighted by atomic mass is 10.0. The van der Waals surface area contributed by atoms with E-state index in [-0.39, 0.29) is 23.3 Å². The molecule has 2 saturated heterocycles. The standard InChI is InChI=1S/C31H40N4O5.C26H32N4O3/c1-31(2,3)40-30(37)35(21-22-8-10-27-28(20-22)39-19-18-38-27)23-12-14-33(15-13-23)16-17-34-26-7-5-6-25(32-4)24(26)9-11-29(34)36;1-27-22-3-2-4-23-21(22)6-8-26(31)30(23)14-13-29-11-9-20(10-12-29)28-18-19-5-7-24-25(17-19)33-16-15-32-24/h5-11,20,23,32H,12-19,21H2,1-4H3;2-8,17,20,27-28H,9-16,18H2,1H3. The Morgan fingerprint density at radius 1 is 0.603 bits per heavy atom. The highest BCUT2D eigenvalue weighted by Crippen LogP contribution is 2.33. The van der Waals surface area contributed by atoms with Crippen LogP contribution in [0.2, 0.25) is 0 Å². The van der Waals surface area contributed by atoms with Gasteiger partial charge in [0.05, 0.1) is 11.0 Å². The number of carbonyl (C=O) groups is 1. The molecular weight excluding hydrogens is 925 g/mol. The van der Waals surface area contributed by atoms with E-state index in [9.17, 15) is 14.4 Å². The van der Waals surface area contributed by atoms with Crippen molar-refractivity contribution in [1.29, 1.82) is 0 Å². The Bertz CT molecular complexity index is 2970. The molecule has 0 spiro atoms. The van der Waals surface area contributed by atoms with Crippen LogP contribution in [-0.4, -0.2) is 127 Å². The molecule has 2 aromatic heterocycles. The van der Waals surface area contributed by atoms with Crippen molar-refractivity contribution < 1.29 is 28.5 Å². The van der Waals surface area contributed by atoms with Gasteiger partial charge in [-0.1, -0.05) is 24.3 Å². The lowest BCUT2D eigenvalue weighted by molar-refractivity contribution is 0.00562. The van der Waals surface area contributed by atoms with Crippen LogP contribution in [0, 0.1) is 0 Å². The van der Waals surface area contributed by atoms with Gasteiger partial charge in [-0.25, -0.2) is 4.79 Å². The minimum atomic E-state index is -0.582. The van der Waals surface area contributed by atoms with E-state index < -0.39 is 5.60 Å². The maximum absolute atomic E-state index is 13.3. The molecule has 0 saturated carbocycles. The van der Waals surface area contributed by atoms with Crippen molar-refractivity contribution in [2.45, 2.75) is 90.3 Å². The van der Waals surface area contributed by atoms with Gasteiger partial charge in [0.1, 0.15) is 32.0 Å². The summed E-state index contributed by atoms with van der Waals surface area (Å²) >= 11 is 0. The first-order valence-electron chi connectivity index (χ1n) is 26.0. The van der Waals surface area contributed by atoms with Crippen molar-refractivity contribution in [1.82, 2.24) is 29.2 Å². The second-order valence-corrected chi connectivity index (χ2v) is 20.3. The molecule has 388 valence electrons. The van der Waals surface area contributed by atoms with Crippen LogP contribution in [0.4, 0.5) is 16.2 Å². The van der Waals surface area contributed by atoms with Gasteiger partial charge < -0.3 is 63.5 Å². The van der Waals surface area contributed by atoms with Crippen molar-refractivity contribution in [3.63, 3.8) is 0 Å². The molecule has 0 unspecified atom stereocenters. The minimum absolute atomic E-state index is 0.00571. The number of nitrogens with one attached hydrogen (secondary N) is 3. The van der Waals surface area contributed by atoms with Crippen LogP contribution in [0.25, 0.3) is 21.8 Å². The van der Waals surface area contributed by atoms with Crippen molar-refractivity contribution in [3.8, 4) is 23.0 Å². The number of piperidine rings is 2. The SMILES string of the molecule is CNc1cccc2c1ccc(=O)n2CCN1CCC(N(Cc2ccc3c(c2)OCCO3)C(=O)OC(C)(C)C)CC1.CNc1cccc2c1ccc(=O)n2CCN1CCC(NCc2ccc3c(c2)OCCO3)CC1. The zero-order chi connectivity index (χ0) is 50.9. The second-order valence-electron chi connectivity index (χ2n) is 20.3. The molecule has 4 aliphatic heterocycles. The van der Waals surface area contributed by atoms with Crippen LogP contribution in [0.3, 0.4) is 0 Å². The van der Waals surface area contributed by atoms with E-state index in [4.69, 9.17) is 23.7 Å². The van der Waals surface area contributed by atoms with Gasteiger partial charge >= 0.3 is 6.09 Å². The van der Waals surface area contributed by atoms with Gasteiger partial charge in [-0.05, 0) is 131 Å². The van der Waals surface area contributed by atoms with Gasteiger partial charge in [0, 0.05) is 113 Å². The van der Waals surface area contributed by atoms with E-state index in [1.807, 2.05) is 122 Å². The Balaban J connectivity index is 0.000000183. The molecule has 0 bridgehead atoms. The van der Waals surface area contributed by atoms with Crippen LogP contribution in [0.5, 0.6) is 23.0 Å². The Morgan fingerprint density at radius 2 is 1.08 bits per heavy atom. The number of hydrogen-bond donors (Lipinski definition) is 3. The molecule has 0 aliphatic carbocycles. The molecule has 16 nitrogen and oxygen atoms in total. The first kappa shape index (κ1) is 51.2. The summed E-state index contributed by atoms with van der Waals surface area (Å²) in [5.41, 5.74) is 5.67. The predicted molar refractivity (Wildman–Crippen MR) is 288 cm³/mol. The summed E-state index contributed by atoms with van der Waals surface area (Å²) in [6, 6.07) is 31.8. The van der Waals surface area contributed by atoms with Gasteiger partial charge in [-0.2, -0.15) is 0 Å². The molecule has 10 rings (SSSR count). The zero-order valence-corrected chi connectivity index (χ0v) is 43.1. The van der Waals surface area contributed by atoms with E-state index in [1.165, 1.54) is 5.56 Å². The van der Waals surface area contributed by atoms with Gasteiger partial charge in [0.15, 0.2) is 23.0 Å². The zero-order valence-electron chi connectivity index (χ0n) is 43.1. The Morgan fingerprint density at radius 3 is 1.59 bits per heavy atom. The second kappa shape index (κ2) is 23.4. The highest BCUT2D eigenvalue weighted by atomic mass is 16.6. The molecule has 2 fully saturated rings. The van der Waals surface area contributed by atoms with Crippen molar-refractivity contribution in [2.75, 3.05) is 90.4 Å². The van der Waals surface area contributed by atoms with Gasteiger partial charge in [0.25, 0.3) is 11.1 Å². The van der Waals surface area contributed by atoms with Crippen LogP contribution in [0.15, 0.2) is 107 Å². The molecule has 6 heterocycles. The Hall–Kier alpha value is -6.75. The fourth-order valence-corrected chi connectivity index (χ4v) is 10.4. The summed E-state index contributed by atoms with van der Waals surface area (Å²) in [7, 11) is 3.80. The predicted octanol–water partition coefficient (Wildman–Crippen LogP) is 7.78. The number of amides is 1. The van der Waals surface area contributed by atoms with Crippen LogP contribution in [-0.2, 0) is 30.9 Å². The number of pyridine rings is 2. The highest BCUT2D eigenvalue weighted by molar-refractivity contribution is 5.92. The summed E-state index contributed by atoms with van der Waals surface area (Å²) in [5, 5.41) is 12.3. The lowest BCUT2D eigenvalue weighted by Gasteiger charge is -2.39. The molecule has 0 radical (unpaired) electrons. The number of anilines is 2. The maximum atomic E-state index is 13.3. The molecule has 0 atom stereocenters. The Labute approximate surface area is 428 Å². The number of fused-ring (bicyclic) bond motifs is 4. The third-order valence-electron chi connectivity index (χ3n) is 14.3. The number of rotatable bonds is 14. The highest BCUT2D eigenvalue weighted by Gasteiger charge is 2.32. The van der Waals surface area contributed by atoms with Crippen LogP contribution in [0.1, 0.15) is 57.6 Å². The molecule has 3 N–H and O–H groups in total. The monoisotopic (exact) mass is 997 g/mol. The van der Waals surface area contributed by atoms with Gasteiger partial charge in [-0.3, -0.25) is 9.59 Å². The molecule has 6 aromatic rings. The first-order chi connectivity index (χ1) is 35.4. The Kier molecular flexibility index (Phi) is 16.4. The van der Waals surface area contributed by atoms with Crippen LogP contribution < -0.4 is 46.0 Å². The quantitative estimate of drug-likeness (QED) is 0.0975. The van der Waals surface area contributed by atoms with Crippen molar-refractivity contribution in [3.05, 3.63) is 129 Å². The number of ether oxygens (including phenoxy) is 5. The minimum Gasteiger partial charge on any atom is -0.486 e. The van der Waals surface area contributed by atoms with Gasteiger partial charge in [0.2, 0.25) is 0 Å². The summed E-state index contributed by atoms with van der Waals surface area (Å²) in [6.07, 6.45) is 3.58. The molecule has 16 heteroatoms. The molecule has 4 aliphatic rings. The summed E-state index contributed by atoms with van der Waals surface area (Å²) in [6.45, 7) is 16.0. The normalized spacial score (nSPS) is 16.4. The molecule has 4 aromatic carbocycles. The van der Waals surface area contributed by atoms with E-state index in [0.29, 0.717) is 57.9 Å². The average Bonchev–Trinajstić information content (AvgIpc) is 3.41. The average molecular weight is 997 g/mol. The van der Waals surface area contributed by atoms with E-state index in [0.717, 1.165) is 127 Å². The smallest absolute Gasteiger partial charge is 0.410 e. The first-order valence-corrected chi connectivity index (χ1v) is 26.0. The fourth-order valence-electron chi connectivity index (χ4n) is 10.4. The number of benzene rings is 4. The third-order valence-corrected chi connectivity index (χ3v) is 14.3. The molecule has 73 heavy (non-hydrogen) atoms. The van der Waals surface area contributed by atoms with Gasteiger partial charge in [-0.15, -0.1) is 0 Å². The van der Waals surface area contributed by atoms with Crippen molar-refractivity contribution >= 4 is 39.3 Å². The fraction of sp³-hybridized carbons (Fsp3) is 0.456. The molecular formula is C57H72N8O8. The maximum Gasteiger partial charge on any atom is 0.410 e. The van der Waals surface area contributed by atoms with Crippen molar-refractivity contribution in [2.24, 2.45) is 0 Å². The van der Waals surface area contributed by atoms with E-state index >= 15 is 0 Å². The van der Waals surface area contributed by atoms with E-state index in [1.54, 1.807) is 12.1 Å². The summed E-state index contributed by atoms with van der Waals surface area (Å²) < 4.78 is 32.3. The summed E-state index contributed by atoms with van der Waals surface area (Å²) in [4.78, 5) is 45.4. The third kappa shape index (κ3) is 12.7. The topological polar surface area (TPSA) is 153 Å². The number of hydrogen-bond acceptors (Lipinski definition) is 13. The summed E-state index contributed by atoms with van der Waals surface area (Å²) in [5.74, 6) is 3.14. The molecule has 1 amide bonds. The van der Waals surface area contributed by atoms with Crippen LogP contribution >= 0.6 is 0 Å². The van der Waals surface area contributed by atoms with E-state index in [2.05, 4.69) is 37.9 Å². The number of aromatic nitrogens is 2. The largest absolute Gasteiger partial charge is 0.486 e. The number of carbonyl (C=O) groups excluding carboxylic acids is 1. The number of nitrogens with zero attached hydrogens (tertiary/aromatic N) is 5. The number of likely N-dealkylation sites (tertiary alicyclic amines) is 2. The lowest BCUT2D eigenvalue weighted by Crippen LogP contribution is -2.49.